The molecular formula is C25H31N5O4S. The number of piperidine rings is 1. The van der Waals surface area contributed by atoms with Gasteiger partial charge >= 0.3 is 0 Å². The molecule has 0 saturated carbocycles. The lowest BCUT2D eigenvalue weighted by molar-refractivity contribution is 0.243. The van der Waals surface area contributed by atoms with Crippen LogP contribution in [0.2, 0.25) is 0 Å². The van der Waals surface area contributed by atoms with E-state index >= 15 is 0 Å². The number of nitrogen functional groups attached to an aromatic ring is 1. The van der Waals surface area contributed by atoms with Gasteiger partial charge < -0.3 is 15.6 Å². The molecule has 3 unspecified atom stereocenters. The molecule has 3 aromatic rings. The molecule has 2 heterocycles. The molecule has 0 amide bonds. The van der Waals surface area contributed by atoms with E-state index in [4.69, 9.17) is 11.1 Å². The maximum Gasteiger partial charge on any atom is 0.277 e. The summed E-state index contributed by atoms with van der Waals surface area (Å²) in [6.07, 6.45) is 2.52. The van der Waals surface area contributed by atoms with Crippen LogP contribution in [0, 0.1) is 11.3 Å². The zero-order valence-electron chi connectivity index (χ0n) is 19.6. The van der Waals surface area contributed by atoms with Gasteiger partial charge in [0.05, 0.1) is 16.3 Å². The molecule has 2 aromatic carbocycles. The lowest BCUT2D eigenvalue weighted by atomic mass is 9.87. The van der Waals surface area contributed by atoms with E-state index in [9.17, 15) is 17.8 Å². The van der Waals surface area contributed by atoms with E-state index in [0.717, 1.165) is 12.8 Å². The molecule has 3 atom stereocenters. The van der Waals surface area contributed by atoms with Crippen LogP contribution >= 0.6 is 0 Å². The highest BCUT2D eigenvalue weighted by Gasteiger charge is 2.40. The Morgan fingerprint density at radius 3 is 2.77 bits per heavy atom. The van der Waals surface area contributed by atoms with Crippen LogP contribution < -0.4 is 16.6 Å². The summed E-state index contributed by atoms with van der Waals surface area (Å²) in [5.41, 5.74) is 7.76. The molecule has 0 spiro atoms. The maximum atomic E-state index is 14.1. The summed E-state index contributed by atoms with van der Waals surface area (Å²) in [5.74, 6) is -0.608. The first-order chi connectivity index (χ1) is 16.7. The van der Waals surface area contributed by atoms with Gasteiger partial charge in [-0.1, -0.05) is 50.1 Å². The molecule has 1 aliphatic heterocycles. The van der Waals surface area contributed by atoms with E-state index in [-0.39, 0.29) is 23.5 Å². The number of amidine groups is 1. The highest BCUT2D eigenvalue weighted by Crippen LogP contribution is 2.34. The number of hydrogen-bond acceptors (Lipinski definition) is 6. The molecule has 0 radical (unpaired) electrons. The molecule has 9 nitrogen and oxygen atoms in total. The van der Waals surface area contributed by atoms with E-state index in [1.54, 1.807) is 28.8 Å². The van der Waals surface area contributed by atoms with Crippen LogP contribution in [0.25, 0.3) is 22.3 Å². The van der Waals surface area contributed by atoms with Gasteiger partial charge in [-0.05, 0) is 37.6 Å². The van der Waals surface area contributed by atoms with Crippen LogP contribution in [0.3, 0.4) is 0 Å². The number of fused-ring (bicyclic) bond motifs is 1. The molecule has 10 heteroatoms. The van der Waals surface area contributed by atoms with Crippen molar-refractivity contribution in [3.05, 3.63) is 64.4 Å². The van der Waals surface area contributed by atoms with Crippen LogP contribution in [0.15, 0.2) is 53.3 Å². The van der Waals surface area contributed by atoms with Gasteiger partial charge in [0, 0.05) is 29.6 Å². The van der Waals surface area contributed by atoms with Crippen LogP contribution in [-0.2, 0) is 10.1 Å². The van der Waals surface area contributed by atoms with Crippen molar-refractivity contribution in [3.8, 4) is 11.3 Å². The Kier molecular flexibility index (Phi) is 7.34. The van der Waals surface area contributed by atoms with Crippen molar-refractivity contribution < 1.29 is 13.0 Å². The molecule has 4 rings (SSSR count). The largest absolute Gasteiger partial charge is 0.384 e. The SMILES string of the molecule is CCCCC(C1CNCCC1S(=O)(=O)O)n1c(=O)c(-c2cccc(C(=N)N)c2)nc2ccccc21. The summed E-state index contributed by atoms with van der Waals surface area (Å²) < 4.78 is 36.4. The van der Waals surface area contributed by atoms with Crippen molar-refractivity contribution in [1.29, 1.82) is 5.41 Å². The van der Waals surface area contributed by atoms with Crippen molar-refractivity contribution in [1.82, 2.24) is 14.9 Å². The van der Waals surface area contributed by atoms with Crippen LogP contribution in [-0.4, -0.2) is 46.7 Å². The van der Waals surface area contributed by atoms with Gasteiger partial charge in [-0.3, -0.25) is 14.8 Å². The fourth-order valence-corrected chi connectivity index (χ4v) is 6.20. The first kappa shape index (κ1) is 25.0. The molecule has 0 aliphatic carbocycles. The van der Waals surface area contributed by atoms with E-state index < -0.39 is 27.3 Å². The third kappa shape index (κ3) is 5.14. The molecule has 5 N–H and O–H groups in total. The summed E-state index contributed by atoms with van der Waals surface area (Å²) in [6, 6.07) is 13.7. The van der Waals surface area contributed by atoms with Gasteiger partial charge in [-0.15, -0.1) is 0 Å². The predicted molar refractivity (Wildman–Crippen MR) is 137 cm³/mol. The number of para-hydroxylation sites is 2. The second kappa shape index (κ2) is 10.3. The first-order valence-electron chi connectivity index (χ1n) is 11.9. The highest BCUT2D eigenvalue weighted by atomic mass is 32.2. The van der Waals surface area contributed by atoms with E-state index in [2.05, 4.69) is 10.3 Å². The minimum absolute atomic E-state index is 0.113. The Morgan fingerprint density at radius 2 is 2.06 bits per heavy atom. The van der Waals surface area contributed by atoms with Gasteiger partial charge in [0.15, 0.2) is 0 Å². The molecule has 1 saturated heterocycles. The topological polar surface area (TPSA) is 151 Å². The van der Waals surface area contributed by atoms with Gasteiger partial charge in [0.1, 0.15) is 11.5 Å². The smallest absolute Gasteiger partial charge is 0.277 e. The maximum absolute atomic E-state index is 14.1. The van der Waals surface area contributed by atoms with Gasteiger partial charge in [0.2, 0.25) is 0 Å². The fraction of sp³-hybridized carbons (Fsp3) is 0.400. The third-order valence-corrected chi connectivity index (χ3v) is 8.12. The summed E-state index contributed by atoms with van der Waals surface area (Å²) in [4.78, 5) is 18.7. The minimum Gasteiger partial charge on any atom is -0.384 e. The van der Waals surface area contributed by atoms with Crippen molar-refractivity contribution >= 4 is 27.0 Å². The molecule has 0 bridgehead atoms. The number of benzene rings is 2. The number of nitrogens with one attached hydrogen (secondary N) is 2. The number of rotatable bonds is 8. The van der Waals surface area contributed by atoms with Crippen molar-refractivity contribution in [3.63, 3.8) is 0 Å². The predicted octanol–water partition coefficient (Wildman–Crippen LogP) is 2.94. The zero-order chi connectivity index (χ0) is 25.2. The standard InChI is InChI=1S/C25H31N5O4S/c1-2-3-10-20(18-15-28-13-12-22(18)35(32,33)34)30-21-11-5-4-9-19(21)29-23(25(30)31)16-7-6-8-17(14-16)24(26)27/h4-9,11,14,18,20,22,28H,2-3,10,12-13,15H2,1H3,(H3,26,27)(H,32,33,34). The Hall–Kier alpha value is -3.08. The normalized spacial score (nSPS) is 19.5. The van der Waals surface area contributed by atoms with Gasteiger partial charge in [0.25, 0.3) is 15.7 Å². The molecule has 35 heavy (non-hydrogen) atoms. The second-order valence-corrected chi connectivity index (χ2v) is 10.7. The van der Waals surface area contributed by atoms with Crippen LogP contribution in [0.4, 0.5) is 0 Å². The molecule has 1 aromatic heterocycles. The average molecular weight is 498 g/mol. The van der Waals surface area contributed by atoms with Crippen molar-refractivity contribution in [2.75, 3.05) is 13.1 Å². The number of unbranched alkanes of at least 4 members (excludes halogenated alkanes) is 1. The molecule has 186 valence electrons. The highest BCUT2D eigenvalue weighted by molar-refractivity contribution is 7.86. The molecule has 1 aliphatic rings. The minimum atomic E-state index is -4.31. The average Bonchev–Trinajstić information content (AvgIpc) is 2.84. The quantitative estimate of drug-likeness (QED) is 0.212. The van der Waals surface area contributed by atoms with Crippen molar-refractivity contribution in [2.24, 2.45) is 11.7 Å². The summed E-state index contributed by atoms with van der Waals surface area (Å²) >= 11 is 0. The van der Waals surface area contributed by atoms with Crippen LogP contribution in [0.1, 0.15) is 44.2 Å². The van der Waals surface area contributed by atoms with Gasteiger partial charge in [-0.2, -0.15) is 8.42 Å². The first-order valence-corrected chi connectivity index (χ1v) is 13.4. The van der Waals surface area contributed by atoms with E-state index in [1.165, 1.54) is 0 Å². The van der Waals surface area contributed by atoms with Crippen molar-refractivity contribution in [2.45, 2.75) is 43.9 Å². The summed E-state index contributed by atoms with van der Waals surface area (Å²) in [6.45, 7) is 2.90. The third-order valence-electron chi connectivity index (χ3n) is 6.77. The Labute approximate surface area is 204 Å². The second-order valence-electron chi connectivity index (χ2n) is 9.04. The Bertz CT molecular complexity index is 1400. The van der Waals surface area contributed by atoms with Crippen LogP contribution in [0.5, 0.6) is 0 Å². The van der Waals surface area contributed by atoms with E-state index in [0.29, 0.717) is 41.7 Å². The molecule has 1 fully saturated rings. The summed E-state index contributed by atoms with van der Waals surface area (Å²) in [7, 11) is -4.31. The summed E-state index contributed by atoms with van der Waals surface area (Å²) in [5, 5.41) is 10.1. The van der Waals surface area contributed by atoms with E-state index in [1.807, 2.05) is 31.2 Å². The number of aromatic nitrogens is 2. The lowest BCUT2D eigenvalue weighted by Crippen LogP contribution is -2.49. The lowest BCUT2D eigenvalue weighted by Gasteiger charge is -2.37. The number of nitrogens with zero attached hydrogens (tertiary/aromatic N) is 2. The number of hydrogen-bond donors (Lipinski definition) is 4. The zero-order valence-corrected chi connectivity index (χ0v) is 20.5. The Balaban J connectivity index is 1.98. The van der Waals surface area contributed by atoms with Gasteiger partial charge in [-0.25, -0.2) is 4.98 Å². The Morgan fingerprint density at radius 1 is 1.29 bits per heavy atom. The number of nitrogens with two attached hydrogens (primary N) is 1. The molecular weight excluding hydrogens is 466 g/mol. The fourth-order valence-electron chi connectivity index (χ4n) is 5.07. The monoisotopic (exact) mass is 497 g/mol.